The Kier molecular flexibility index (Phi) is 6.10. The molecule has 1 saturated heterocycles. The molecule has 1 aliphatic heterocycles. The summed E-state index contributed by atoms with van der Waals surface area (Å²) in [6, 6.07) is 8.84. The molecule has 0 atom stereocenters. The number of carbonyl (C=O) groups is 2. The highest BCUT2D eigenvalue weighted by Crippen LogP contribution is 2.32. The fourth-order valence-electron chi connectivity index (χ4n) is 3.00. The molecular weight excluding hydrogens is 406 g/mol. The fraction of sp³-hybridized carbons (Fsp3) is 0.300. The van der Waals surface area contributed by atoms with E-state index in [1.54, 1.807) is 18.2 Å². The lowest BCUT2D eigenvalue weighted by atomic mass is 10.1. The second-order valence-electron chi connectivity index (χ2n) is 6.65. The highest BCUT2D eigenvalue weighted by Gasteiger charge is 2.31. The van der Waals surface area contributed by atoms with E-state index in [4.69, 9.17) is 27.9 Å². The first-order valence-electron chi connectivity index (χ1n) is 8.77. The summed E-state index contributed by atoms with van der Waals surface area (Å²) in [4.78, 5) is 28.4. The number of halogens is 3. The normalized spacial score (nSPS) is 14.6. The number of nitrogens with zero attached hydrogens (tertiary/aromatic N) is 2. The maximum atomic E-state index is 13.6. The van der Waals surface area contributed by atoms with Gasteiger partial charge in [0.1, 0.15) is 18.1 Å². The van der Waals surface area contributed by atoms with Crippen LogP contribution in [0.1, 0.15) is 24.2 Å². The highest BCUT2D eigenvalue weighted by atomic mass is 35.5. The first kappa shape index (κ1) is 20.4. The minimum Gasteiger partial charge on any atom is -0.489 e. The van der Waals surface area contributed by atoms with Crippen LogP contribution in [0.25, 0.3) is 0 Å². The second kappa shape index (κ2) is 8.37. The number of ether oxygens (including phenoxy) is 1. The van der Waals surface area contributed by atoms with Gasteiger partial charge in [-0.15, -0.1) is 0 Å². The van der Waals surface area contributed by atoms with E-state index in [2.05, 4.69) is 0 Å². The van der Waals surface area contributed by atoms with Crippen LogP contribution in [0.3, 0.4) is 0 Å². The Hall–Kier alpha value is -2.31. The number of benzene rings is 2. The van der Waals surface area contributed by atoms with Crippen LogP contribution in [0, 0.1) is 5.82 Å². The van der Waals surface area contributed by atoms with Gasteiger partial charge in [-0.25, -0.2) is 4.39 Å². The highest BCUT2D eigenvalue weighted by molar-refractivity contribution is 6.43. The zero-order valence-corrected chi connectivity index (χ0v) is 16.9. The average molecular weight is 425 g/mol. The molecule has 2 aromatic carbocycles. The van der Waals surface area contributed by atoms with Crippen LogP contribution >= 0.6 is 23.2 Å². The second-order valence-corrected chi connectivity index (χ2v) is 7.44. The van der Waals surface area contributed by atoms with Gasteiger partial charge in [-0.2, -0.15) is 0 Å². The first-order chi connectivity index (χ1) is 13.3. The summed E-state index contributed by atoms with van der Waals surface area (Å²) < 4.78 is 19.3. The molecule has 0 radical (unpaired) electrons. The Morgan fingerprint density at radius 3 is 2.61 bits per heavy atom. The van der Waals surface area contributed by atoms with Crippen LogP contribution in [0.2, 0.25) is 10.0 Å². The minimum atomic E-state index is -0.448. The van der Waals surface area contributed by atoms with Gasteiger partial charge in [0.05, 0.1) is 27.4 Å². The predicted octanol–water partition coefficient (Wildman–Crippen LogP) is 4.41. The smallest absolute Gasteiger partial charge is 0.255 e. The fourth-order valence-corrected chi connectivity index (χ4v) is 3.38. The minimum absolute atomic E-state index is 0.125. The third-order valence-corrected chi connectivity index (χ3v) is 5.08. The Morgan fingerprint density at radius 2 is 1.93 bits per heavy atom. The number of carbonyl (C=O) groups excluding carboxylic acids is 2. The van der Waals surface area contributed by atoms with E-state index in [9.17, 15) is 14.0 Å². The number of amides is 2. The Morgan fingerprint density at radius 1 is 1.18 bits per heavy atom. The van der Waals surface area contributed by atoms with E-state index in [1.165, 1.54) is 28.0 Å². The monoisotopic (exact) mass is 424 g/mol. The molecule has 0 aromatic heterocycles. The van der Waals surface area contributed by atoms with Gasteiger partial charge in [0.15, 0.2) is 0 Å². The predicted molar refractivity (Wildman–Crippen MR) is 107 cm³/mol. The van der Waals surface area contributed by atoms with Crippen LogP contribution in [-0.4, -0.2) is 42.5 Å². The molecule has 2 amide bonds. The quantitative estimate of drug-likeness (QED) is 0.730. The Balaban J connectivity index is 1.80. The number of rotatable bonds is 4. The first-order valence-corrected chi connectivity index (χ1v) is 9.53. The molecule has 148 valence electrons. The van der Waals surface area contributed by atoms with Crippen LogP contribution < -0.4 is 9.64 Å². The summed E-state index contributed by atoms with van der Waals surface area (Å²) in [5, 5.41) is 0.439. The average Bonchev–Trinajstić information content (AvgIpc) is 2.63. The molecule has 0 aliphatic carbocycles. The SMILES string of the molecule is CC(C)Oc1cc(F)ccc1N1CCN(C(=O)c2cccc(Cl)c2Cl)CC1=O. The van der Waals surface area contributed by atoms with Gasteiger partial charge in [-0.3, -0.25) is 9.59 Å². The van der Waals surface area contributed by atoms with Crippen molar-refractivity contribution in [3.05, 3.63) is 57.8 Å². The Labute approximate surface area is 172 Å². The summed E-state index contributed by atoms with van der Waals surface area (Å²) in [6.45, 7) is 4.07. The molecule has 0 saturated carbocycles. The maximum Gasteiger partial charge on any atom is 0.255 e. The van der Waals surface area contributed by atoms with Crippen molar-refractivity contribution < 1.29 is 18.7 Å². The van der Waals surface area contributed by atoms with Gasteiger partial charge in [0.25, 0.3) is 5.91 Å². The number of hydrogen-bond donors (Lipinski definition) is 0. The molecule has 0 N–H and O–H groups in total. The molecule has 0 unspecified atom stereocenters. The molecule has 0 bridgehead atoms. The number of anilines is 1. The van der Waals surface area contributed by atoms with Crippen LogP contribution in [0.15, 0.2) is 36.4 Å². The van der Waals surface area contributed by atoms with Crippen molar-refractivity contribution >= 4 is 40.7 Å². The molecule has 1 fully saturated rings. The third kappa shape index (κ3) is 4.23. The van der Waals surface area contributed by atoms with Crippen molar-refractivity contribution in [3.63, 3.8) is 0 Å². The van der Waals surface area contributed by atoms with Crippen LogP contribution in [-0.2, 0) is 4.79 Å². The lowest BCUT2D eigenvalue weighted by Crippen LogP contribution is -2.52. The van der Waals surface area contributed by atoms with Gasteiger partial charge in [0.2, 0.25) is 5.91 Å². The zero-order valence-electron chi connectivity index (χ0n) is 15.4. The number of hydrogen-bond acceptors (Lipinski definition) is 3. The summed E-state index contributed by atoms with van der Waals surface area (Å²) in [7, 11) is 0. The van der Waals surface area contributed by atoms with E-state index < -0.39 is 5.82 Å². The lowest BCUT2D eigenvalue weighted by molar-refractivity contribution is -0.120. The van der Waals surface area contributed by atoms with E-state index in [0.29, 0.717) is 18.0 Å². The molecule has 0 spiro atoms. The zero-order chi connectivity index (χ0) is 20.4. The van der Waals surface area contributed by atoms with Gasteiger partial charge in [-0.1, -0.05) is 29.3 Å². The molecular formula is C20H19Cl2FN2O3. The van der Waals surface area contributed by atoms with Crippen molar-refractivity contribution in [3.8, 4) is 5.75 Å². The molecule has 3 rings (SSSR count). The molecule has 1 heterocycles. The maximum absolute atomic E-state index is 13.6. The lowest BCUT2D eigenvalue weighted by Gasteiger charge is -2.35. The van der Waals surface area contributed by atoms with Crippen molar-refractivity contribution in [1.29, 1.82) is 0 Å². The molecule has 5 nitrogen and oxygen atoms in total. The van der Waals surface area contributed by atoms with E-state index in [0.717, 1.165) is 0 Å². The summed E-state index contributed by atoms with van der Waals surface area (Å²) in [6.07, 6.45) is -0.177. The number of piperazine rings is 1. The van der Waals surface area contributed by atoms with Gasteiger partial charge in [-0.05, 0) is 38.1 Å². The van der Waals surface area contributed by atoms with Gasteiger partial charge >= 0.3 is 0 Å². The van der Waals surface area contributed by atoms with Crippen molar-refractivity contribution in [2.45, 2.75) is 20.0 Å². The topological polar surface area (TPSA) is 49.9 Å². The van der Waals surface area contributed by atoms with E-state index in [1.807, 2.05) is 13.8 Å². The molecule has 28 heavy (non-hydrogen) atoms. The van der Waals surface area contributed by atoms with E-state index in [-0.39, 0.29) is 46.6 Å². The van der Waals surface area contributed by atoms with Crippen molar-refractivity contribution in [1.82, 2.24) is 4.90 Å². The van der Waals surface area contributed by atoms with Crippen molar-refractivity contribution in [2.24, 2.45) is 0 Å². The standard InChI is InChI=1S/C20H19Cl2FN2O3/c1-12(2)28-17-10-13(23)6-7-16(17)25-9-8-24(11-18(25)26)20(27)14-4-3-5-15(21)19(14)22/h3-7,10,12H,8-9,11H2,1-2H3. The summed E-state index contributed by atoms with van der Waals surface area (Å²) in [5.41, 5.74) is 0.731. The molecule has 2 aromatic rings. The third-order valence-electron chi connectivity index (χ3n) is 4.27. The van der Waals surface area contributed by atoms with Crippen molar-refractivity contribution in [2.75, 3.05) is 24.5 Å². The van der Waals surface area contributed by atoms with Gasteiger partial charge < -0.3 is 14.5 Å². The van der Waals surface area contributed by atoms with Gasteiger partial charge in [0, 0.05) is 19.2 Å². The molecule has 8 heteroatoms. The summed E-state index contributed by atoms with van der Waals surface area (Å²) in [5.74, 6) is -0.812. The van der Waals surface area contributed by atoms with Crippen LogP contribution in [0.5, 0.6) is 5.75 Å². The largest absolute Gasteiger partial charge is 0.489 e. The molecule has 1 aliphatic rings. The summed E-state index contributed by atoms with van der Waals surface area (Å²) >= 11 is 12.1. The van der Waals surface area contributed by atoms with Crippen LogP contribution in [0.4, 0.5) is 10.1 Å². The van der Waals surface area contributed by atoms with E-state index >= 15 is 0 Å². The Bertz CT molecular complexity index is 920.